The summed E-state index contributed by atoms with van der Waals surface area (Å²) in [6, 6.07) is 6.79. The van der Waals surface area contributed by atoms with Crippen LogP contribution in [0.5, 0.6) is 0 Å². The molecule has 0 heterocycles. The van der Waals surface area contributed by atoms with Crippen LogP contribution in [0, 0.1) is 24.4 Å². The summed E-state index contributed by atoms with van der Waals surface area (Å²) in [6.45, 7) is 0.946. The number of alkyl halides is 1. The third-order valence-corrected chi connectivity index (χ3v) is 3.47. The lowest BCUT2D eigenvalue weighted by atomic mass is 9.99. The Hall–Kier alpha value is -1.84. The van der Waals surface area contributed by atoms with Gasteiger partial charge in [0, 0.05) is 11.1 Å². The fourth-order valence-corrected chi connectivity index (χ4v) is 2.17. The maximum Gasteiger partial charge on any atom is 0.131 e. The second kappa shape index (κ2) is 6.74. The molecule has 2 aromatic rings. The van der Waals surface area contributed by atoms with Crippen LogP contribution < -0.4 is 0 Å². The van der Waals surface area contributed by atoms with Gasteiger partial charge < -0.3 is 0 Å². The predicted molar refractivity (Wildman–Crippen MR) is 75.4 cm³/mol. The summed E-state index contributed by atoms with van der Waals surface area (Å²) in [7, 11) is 0. The molecular weight excluding hydrogens is 280 g/mol. The first-order valence-corrected chi connectivity index (χ1v) is 6.83. The highest BCUT2D eigenvalue weighted by atomic mass is 19.1. The zero-order chi connectivity index (χ0) is 15.4. The second-order valence-corrected chi connectivity index (χ2v) is 5.03. The number of hydrogen-bond donors (Lipinski definition) is 0. The number of unbranched alkanes of at least 4 members (excludes halogenated alkanes) is 1. The molecule has 0 amide bonds. The summed E-state index contributed by atoms with van der Waals surface area (Å²) in [6.07, 6.45) is 1.67. The Kier molecular flexibility index (Phi) is 4.99. The van der Waals surface area contributed by atoms with Crippen molar-refractivity contribution in [1.29, 1.82) is 0 Å². The molecule has 0 unspecified atom stereocenters. The van der Waals surface area contributed by atoms with Crippen LogP contribution in [0.2, 0.25) is 0 Å². The molecule has 0 N–H and O–H groups in total. The molecule has 0 radical (unpaired) electrons. The normalized spacial score (nSPS) is 10.9. The van der Waals surface area contributed by atoms with Gasteiger partial charge in [-0.15, -0.1) is 0 Å². The van der Waals surface area contributed by atoms with Crippen LogP contribution in [0.4, 0.5) is 17.6 Å². The van der Waals surface area contributed by atoms with Crippen molar-refractivity contribution in [3.05, 3.63) is 58.9 Å². The van der Waals surface area contributed by atoms with E-state index in [1.165, 1.54) is 19.1 Å². The van der Waals surface area contributed by atoms with Gasteiger partial charge in [0.1, 0.15) is 17.5 Å². The second-order valence-electron chi connectivity index (χ2n) is 5.03. The highest BCUT2D eigenvalue weighted by molar-refractivity contribution is 5.65. The third kappa shape index (κ3) is 3.63. The minimum Gasteiger partial charge on any atom is -0.251 e. The molecule has 0 bridgehead atoms. The average molecular weight is 296 g/mol. The fourth-order valence-electron chi connectivity index (χ4n) is 2.17. The lowest BCUT2D eigenvalue weighted by Gasteiger charge is -2.08. The van der Waals surface area contributed by atoms with Crippen LogP contribution in [0.25, 0.3) is 11.1 Å². The van der Waals surface area contributed by atoms with E-state index in [-0.39, 0.29) is 23.4 Å². The molecular formula is C17H16F4. The van der Waals surface area contributed by atoms with Gasteiger partial charge in [-0.3, -0.25) is 4.39 Å². The molecule has 0 nitrogen and oxygen atoms in total. The lowest BCUT2D eigenvalue weighted by molar-refractivity contribution is 0.462. The molecule has 112 valence electrons. The first-order valence-electron chi connectivity index (χ1n) is 6.83. The summed E-state index contributed by atoms with van der Waals surface area (Å²) in [4.78, 5) is 0. The van der Waals surface area contributed by atoms with E-state index in [2.05, 4.69) is 0 Å². The SMILES string of the molecule is Cc1c(F)cc(-c2ccc(CCCCF)cc2F)cc1F. The van der Waals surface area contributed by atoms with E-state index in [4.69, 9.17) is 0 Å². The van der Waals surface area contributed by atoms with Crippen LogP contribution in [0.3, 0.4) is 0 Å². The Balaban J connectivity index is 2.29. The van der Waals surface area contributed by atoms with Gasteiger partial charge in [0.15, 0.2) is 0 Å². The van der Waals surface area contributed by atoms with E-state index in [1.807, 2.05) is 0 Å². The Morgan fingerprint density at radius 2 is 1.52 bits per heavy atom. The molecule has 2 rings (SSSR count). The van der Waals surface area contributed by atoms with E-state index in [9.17, 15) is 17.6 Å². The van der Waals surface area contributed by atoms with Gasteiger partial charge in [-0.05, 0) is 55.5 Å². The van der Waals surface area contributed by atoms with E-state index in [1.54, 1.807) is 6.07 Å². The topological polar surface area (TPSA) is 0 Å². The molecule has 0 atom stereocenters. The van der Waals surface area contributed by atoms with Crippen molar-refractivity contribution >= 4 is 0 Å². The predicted octanol–water partition coefficient (Wildman–Crippen LogP) is 5.37. The van der Waals surface area contributed by atoms with Crippen molar-refractivity contribution < 1.29 is 17.6 Å². The van der Waals surface area contributed by atoms with Crippen molar-refractivity contribution in [2.24, 2.45) is 0 Å². The van der Waals surface area contributed by atoms with E-state index in [0.717, 1.165) is 17.7 Å². The number of rotatable bonds is 5. The maximum absolute atomic E-state index is 14.1. The molecule has 0 aliphatic heterocycles. The number of benzene rings is 2. The lowest BCUT2D eigenvalue weighted by Crippen LogP contribution is -1.94. The molecule has 21 heavy (non-hydrogen) atoms. The zero-order valence-corrected chi connectivity index (χ0v) is 11.7. The quantitative estimate of drug-likeness (QED) is 0.514. The fraction of sp³-hybridized carbons (Fsp3) is 0.294. The van der Waals surface area contributed by atoms with Gasteiger partial charge >= 0.3 is 0 Å². The molecule has 0 aromatic heterocycles. The van der Waals surface area contributed by atoms with Crippen molar-refractivity contribution in [2.45, 2.75) is 26.2 Å². The summed E-state index contributed by atoms with van der Waals surface area (Å²) in [5, 5.41) is 0. The van der Waals surface area contributed by atoms with E-state index < -0.39 is 17.5 Å². The molecule has 0 saturated heterocycles. The smallest absolute Gasteiger partial charge is 0.131 e. The summed E-state index contributed by atoms with van der Waals surface area (Å²) < 4.78 is 53.2. The van der Waals surface area contributed by atoms with Crippen LogP contribution in [0.1, 0.15) is 24.0 Å². The molecule has 0 fully saturated rings. The molecule has 0 saturated carbocycles. The van der Waals surface area contributed by atoms with Crippen molar-refractivity contribution in [3.8, 4) is 11.1 Å². The minimum absolute atomic E-state index is 0.0815. The van der Waals surface area contributed by atoms with Crippen LogP contribution in [-0.2, 0) is 6.42 Å². The standard InChI is InChI=1S/C17H16F4/c1-11-15(19)9-13(10-16(11)20)14-6-5-12(8-17(14)21)4-2-3-7-18/h5-6,8-10H,2-4,7H2,1H3. The highest BCUT2D eigenvalue weighted by Crippen LogP contribution is 2.27. The van der Waals surface area contributed by atoms with Gasteiger partial charge in [0.05, 0.1) is 6.67 Å². The Morgan fingerprint density at radius 1 is 0.857 bits per heavy atom. The summed E-state index contributed by atoms with van der Waals surface area (Å²) in [5.41, 5.74) is 0.991. The van der Waals surface area contributed by atoms with E-state index in [0.29, 0.717) is 19.3 Å². The Labute approximate surface area is 121 Å². The summed E-state index contributed by atoms with van der Waals surface area (Å²) in [5.74, 6) is -1.93. The number of halogens is 4. The number of aryl methyl sites for hydroxylation is 1. The van der Waals surface area contributed by atoms with Crippen LogP contribution in [0.15, 0.2) is 30.3 Å². The molecule has 0 aliphatic carbocycles. The van der Waals surface area contributed by atoms with Crippen molar-refractivity contribution in [1.82, 2.24) is 0 Å². The molecule has 0 spiro atoms. The van der Waals surface area contributed by atoms with Crippen LogP contribution in [-0.4, -0.2) is 6.67 Å². The monoisotopic (exact) mass is 296 g/mol. The van der Waals surface area contributed by atoms with Gasteiger partial charge in [-0.1, -0.05) is 12.1 Å². The molecule has 4 heteroatoms. The van der Waals surface area contributed by atoms with Gasteiger partial charge in [0.2, 0.25) is 0 Å². The Bertz CT molecular complexity index is 612. The van der Waals surface area contributed by atoms with Crippen molar-refractivity contribution in [3.63, 3.8) is 0 Å². The number of hydrogen-bond acceptors (Lipinski definition) is 0. The van der Waals surface area contributed by atoms with Crippen LogP contribution >= 0.6 is 0 Å². The summed E-state index contributed by atoms with van der Waals surface area (Å²) >= 11 is 0. The highest BCUT2D eigenvalue weighted by Gasteiger charge is 2.12. The van der Waals surface area contributed by atoms with Gasteiger partial charge in [-0.25, -0.2) is 13.2 Å². The first-order chi connectivity index (χ1) is 10.0. The third-order valence-electron chi connectivity index (χ3n) is 3.47. The minimum atomic E-state index is -0.698. The molecule has 0 aliphatic rings. The zero-order valence-electron chi connectivity index (χ0n) is 11.7. The Morgan fingerprint density at radius 3 is 2.10 bits per heavy atom. The van der Waals surface area contributed by atoms with E-state index >= 15 is 0 Å². The average Bonchev–Trinajstić information content (AvgIpc) is 2.45. The van der Waals surface area contributed by atoms with Gasteiger partial charge in [0.25, 0.3) is 0 Å². The first kappa shape index (κ1) is 15.5. The largest absolute Gasteiger partial charge is 0.251 e. The van der Waals surface area contributed by atoms with Gasteiger partial charge in [-0.2, -0.15) is 0 Å². The maximum atomic E-state index is 14.1. The van der Waals surface area contributed by atoms with Crippen molar-refractivity contribution in [2.75, 3.05) is 6.67 Å². The molecule has 2 aromatic carbocycles.